The average molecular weight is 470 g/mol. The molecule has 1 saturated heterocycles. The maximum Gasteiger partial charge on any atom is 0.227 e. The van der Waals surface area contributed by atoms with Gasteiger partial charge in [0.05, 0.1) is 24.8 Å². The number of anilines is 1. The second kappa shape index (κ2) is 10.2. The number of para-hydroxylation sites is 2. The van der Waals surface area contributed by atoms with E-state index < -0.39 is 0 Å². The molecule has 0 N–H and O–H groups in total. The first-order chi connectivity index (χ1) is 17.1. The molecular formula is C29H31N3O3. The number of nitrogens with zero attached hydrogens (tertiary/aromatic N) is 3. The van der Waals surface area contributed by atoms with Crippen LogP contribution in [-0.4, -0.2) is 35.7 Å². The molecule has 0 aliphatic carbocycles. The third-order valence-corrected chi connectivity index (χ3v) is 6.61. The van der Waals surface area contributed by atoms with Crippen LogP contribution in [0.4, 0.5) is 5.69 Å². The number of ether oxygens (including phenoxy) is 2. The highest BCUT2D eigenvalue weighted by Gasteiger charge is 2.34. The average Bonchev–Trinajstić information content (AvgIpc) is 3.45. The summed E-state index contributed by atoms with van der Waals surface area (Å²) in [6, 6.07) is 24.1. The first kappa shape index (κ1) is 23.0. The van der Waals surface area contributed by atoms with Crippen molar-refractivity contribution < 1.29 is 14.3 Å². The topological polar surface area (TPSA) is 56.6 Å². The lowest BCUT2D eigenvalue weighted by atomic mass is 10.1. The van der Waals surface area contributed by atoms with Gasteiger partial charge in [-0.3, -0.25) is 4.79 Å². The fourth-order valence-electron chi connectivity index (χ4n) is 4.75. The molecule has 2 heterocycles. The minimum Gasteiger partial charge on any atom is -0.497 e. The van der Waals surface area contributed by atoms with Crippen molar-refractivity contribution in [2.24, 2.45) is 0 Å². The number of hydrogen-bond donors (Lipinski definition) is 0. The van der Waals surface area contributed by atoms with Crippen LogP contribution in [0.2, 0.25) is 0 Å². The Morgan fingerprint density at radius 2 is 1.77 bits per heavy atom. The van der Waals surface area contributed by atoms with E-state index in [4.69, 9.17) is 14.5 Å². The van der Waals surface area contributed by atoms with E-state index in [1.807, 2.05) is 47.4 Å². The van der Waals surface area contributed by atoms with E-state index in [0.29, 0.717) is 19.6 Å². The molecule has 1 aromatic heterocycles. The van der Waals surface area contributed by atoms with Crippen LogP contribution in [0.1, 0.15) is 36.6 Å². The van der Waals surface area contributed by atoms with Crippen LogP contribution in [-0.2, 0) is 11.3 Å². The standard InChI is InChI=1S/C29H31N3O3/c1-21-12-14-23(15-13-21)32-20-22(18-28(32)33)29-30-26-10-3-4-11-27(26)31(29)16-5-6-17-35-25-9-7-8-24(19-25)34-2/h3-4,7-15,19,22H,5-6,16-18,20H2,1-2H3/t22-/m1/s1. The summed E-state index contributed by atoms with van der Waals surface area (Å²) in [6.07, 6.45) is 2.36. The molecule has 0 saturated carbocycles. The van der Waals surface area contributed by atoms with Gasteiger partial charge in [0.15, 0.2) is 0 Å². The zero-order valence-corrected chi connectivity index (χ0v) is 20.3. The zero-order chi connectivity index (χ0) is 24.2. The van der Waals surface area contributed by atoms with E-state index in [2.05, 4.69) is 41.8 Å². The molecule has 0 unspecified atom stereocenters. The van der Waals surface area contributed by atoms with Crippen molar-refractivity contribution in [1.82, 2.24) is 9.55 Å². The van der Waals surface area contributed by atoms with Gasteiger partial charge < -0.3 is 18.9 Å². The molecule has 6 heteroatoms. The number of benzene rings is 3. The molecule has 1 aliphatic heterocycles. The Balaban J connectivity index is 1.28. The molecule has 1 fully saturated rings. The Morgan fingerprint density at radius 3 is 2.60 bits per heavy atom. The highest BCUT2D eigenvalue weighted by molar-refractivity contribution is 5.96. The van der Waals surface area contributed by atoms with Crippen LogP contribution in [0.25, 0.3) is 11.0 Å². The van der Waals surface area contributed by atoms with E-state index in [1.165, 1.54) is 5.56 Å². The molecule has 35 heavy (non-hydrogen) atoms. The molecule has 1 atom stereocenters. The fraction of sp³-hybridized carbons (Fsp3) is 0.310. The highest BCUT2D eigenvalue weighted by Crippen LogP contribution is 2.33. The molecule has 4 aromatic rings. The first-order valence-corrected chi connectivity index (χ1v) is 12.2. The van der Waals surface area contributed by atoms with Crippen LogP contribution in [0.15, 0.2) is 72.8 Å². The van der Waals surface area contributed by atoms with Crippen molar-refractivity contribution in [2.45, 2.75) is 38.6 Å². The summed E-state index contributed by atoms with van der Waals surface area (Å²) in [6.45, 7) is 4.19. The maximum absolute atomic E-state index is 12.9. The summed E-state index contributed by atoms with van der Waals surface area (Å²) in [5.41, 5.74) is 4.25. The number of aryl methyl sites for hydroxylation is 2. The first-order valence-electron chi connectivity index (χ1n) is 12.2. The van der Waals surface area contributed by atoms with Crippen molar-refractivity contribution in [2.75, 3.05) is 25.2 Å². The van der Waals surface area contributed by atoms with Crippen molar-refractivity contribution in [3.8, 4) is 11.5 Å². The molecular weight excluding hydrogens is 438 g/mol. The quantitative estimate of drug-likeness (QED) is 0.294. The summed E-state index contributed by atoms with van der Waals surface area (Å²) in [5, 5.41) is 0. The normalized spacial score (nSPS) is 15.7. The minimum absolute atomic E-state index is 0.0734. The maximum atomic E-state index is 12.9. The van der Waals surface area contributed by atoms with Gasteiger partial charge in [-0.1, -0.05) is 35.9 Å². The van der Waals surface area contributed by atoms with Gasteiger partial charge in [-0.2, -0.15) is 0 Å². The molecule has 0 bridgehead atoms. The second-order valence-electron chi connectivity index (χ2n) is 9.09. The van der Waals surface area contributed by atoms with Gasteiger partial charge in [0.2, 0.25) is 5.91 Å². The second-order valence-corrected chi connectivity index (χ2v) is 9.09. The number of rotatable bonds is 9. The van der Waals surface area contributed by atoms with E-state index in [9.17, 15) is 4.79 Å². The van der Waals surface area contributed by atoms with E-state index in [1.54, 1.807) is 7.11 Å². The van der Waals surface area contributed by atoms with Gasteiger partial charge >= 0.3 is 0 Å². The lowest BCUT2D eigenvalue weighted by Gasteiger charge is -2.18. The third-order valence-electron chi connectivity index (χ3n) is 6.61. The Morgan fingerprint density at radius 1 is 0.971 bits per heavy atom. The fourth-order valence-corrected chi connectivity index (χ4v) is 4.75. The van der Waals surface area contributed by atoms with Crippen LogP contribution < -0.4 is 14.4 Å². The summed E-state index contributed by atoms with van der Waals surface area (Å²) >= 11 is 0. The number of amides is 1. The summed E-state index contributed by atoms with van der Waals surface area (Å²) in [7, 11) is 1.66. The molecule has 1 amide bonds. The Hall–Kier alpha value is -3.80. The van der Waals surface area contributed by atoms with Crippen molar-refractivity contribution >= 4 is 22.6 Å². The number of methoxy groups -OCH3 is 1. The molecule has 0 spiro atoms. The van der Waals surface area contributed by atoms with Gasteiger partial charge in [-0.05, 0) is 56.2 Å². The molecule has 6 nitrogen and oxygen atoms in total. The number of fused-ring (bicyclic) bond motifs is 1. The third kappa shape index (κ3) is 5.02. The Labute approximate surface area is 206 Å². The van der Waals surface area contributed by atoms with Crippen molar-refractivity contribution in [1.29, 1.82) is 0 Å². The number of aromatic nitrogens is 2. The SMILES string of the molecule is COc1cccc(OCCCCn2c([C@@H]3CC(=O)N(c4ccc(C)cc4)C3)nc3ccccc32)c1. The smallest absolute Gasteiger partial charge is 0.227 e. The molecule has 180 valence electrons. The number of unbranched alkanes of at least 4 members (excludes halogenated alkanes) is 1. The van der Waals surface area contributed by atoms with Gasteiger partial charge in [-0.15, -0.1) is 0 Å². The zero-order valence-electron chi connectivity index (χ0n) is 20.3. The van der Waals surface area contributed by atoms with E-state index >= 15 is 0 Å². The van der Waals surface area contributed by atoms with Gasteiger partial charge in [0.25, 0.3) is 0 Å². The van der Waals surface area contributed by atoms with E-state index in [0.717, 1.165) is 53.4 Å². The predicted molar refractivity (Wildman–Crippen MR) is 138 cm³/mol. The monoisotopic (exact) mass is 469 g/mol. The molecule has 1 aliphatic rings. The molecule has 3 aromatic carbocycles. The summed E-state index contributed by atoms with van der Waals surface area (Å²) in [5.74, 6) is 2.85. The van der Waals surface area contributed by atoms with Crippen LogP contribution in [0.3, 0.4) is 0 Å². The van der Waals surface area contributed by atoms with Crippen LogP contribution in [0, 0.1) is 6.92 Å². The Kier molecular flexibility index (Phi) is 6.70. The number of carbonyl (C=O) groups is 1. The van der Waals surface area contributed by atoms with Crippen molar-refractivity contribution in [3.05, 3.63) is 84.2 Å². The summed E-state index contributed by atoms with van der Waals surface area (Å²) in [4.78, 5) is 19.8. The lowest BCUT2D eigenvalue weighted by molar-refractivity contribution is -0.117. The van der Waals surface area contributed by atoms with E-state index in [-0.39, 0.29) is 11.8 Å². The summed E-state index contributed by atoms with van der Waals surface area (Å²) < 4.78 is 13.5. The Bertz CT molecular complexity index is 1310. The predicted octanol–water partition coefficient (Wildman–Crippen LogP) is 5.73. The largest absolute Gasteiger partial charge is 0.497 e. The number of carbonyl (C=O) groups excluding carboxylic acids is 1. The van der Waals surface area contributed by atoms with Crippen LogP contribution in [0.5, 0.6) is 11.5 Å². The number of hydrogen-bond acceptors (Lipinski definition) is 4. The van der Waals surface area contributed by atoms with Gasteiger partial charge in [-0.25, -0.2) is 4.98 Å². The molecule has 5 rings (SSSR count). The number of imidazole rings is 1. The molecule has 0 radical (unpaired) electrons. The van der Waals surface area contributed by atoms with Crippen molar-refractivity contribution in [3.63, 3.8) is 0 Å². The highest BCUT2D eigenvalue weighted by atomic mass is 16.5. The lowest BCUT2D eigenvalue weighted by Crippen LogP contribution is -2.24. The van der Waals surface area contributed by atoms with Crippen LogP contribution >= 0.6 is 0 Å². The van der Waals surface area contributed by atoms with Gasteiger partial charge in [0.1, 0.15) is 17.3 Å². The van der Waals surface area contributed by atoms with Gasteiger partial charge in [0, 0.05) is 37.2 Å². The minimum atomic E-state index is 0.0734.